The van der Waals surface area contributed by atoms with E-state index in [1.165, 1.54) is 0 Å². The van der Waals surface area contributed by atoms with Crippen molar-refractivity contribution in [2.75, 3.05) is 19.0 Å². The number of carbonyl (C=O) groups is 2. The van der Waals surface area contributed by atoms with Gasteiger partial charge in [0.15, 0.2) is 17.2 Å². The van der Waals surface area contributed by atoms with Crippen molar-refractivity contribution in [3.63, 3.8) is 0 Å². The molecule has 5 N–H and O–H groups in total. The molecule has 0 atom stereocenters. The van der Waals surface area contributed by atoms with E-state index in [1.54, 1.807) is 0 Å². The van der Waals surface area contributed by atoms with Gasteiger partial charge in [-0.15, -0.1) is 11.6 Å². The summed E-state index contributed by atoms with van der Waals surface area (Å²) >= 11 is 5.38. The molecule has 0 aromatic heterocycles. The number of benzene rings is 1. The van der Waals surface area contributed by atoms with Gasteiger partial charge >= 0.3 is 0 Å². The van der Waals surface area contributed by atoms with Gasteiger partial charge in [0.2, 0.25) is 5.91 Å². The Balaban J connectivity index is 2.46. The molecule has 1 aromatic rings. The van der Waals surface area contributed by atoms with Crippen LogP contribution in [0.3, 0.4) is 0 Å². The van der Waals surface area contributed by atoms with Crippen LogP contribution in [0.5, 0.6) is 17.2 Å². The van der Waals surface area contributed by atoms with Gasteiger partial charge in [0.05, 0.1) is 0 Å². The van der Waals surface area contributed by atoms with Crippen LogP contribution >= 0.6 is 11.6 Å². The molecule has 20 heavy (non-hydrogen) atoms. The first-order chi connectivity index (χ1) is 9.45. The normalized spacial score (nSPS) is 10.1. The first-order valence-corrected chi connectivity index (χ1v) is 6.35. The Bertz CT molecular complexity index is 484. The minimum absolute atomic E-state index is 0.00937. The fraction of sp³-hybridized carbons (Fsp3) is 0.333. The van der Waals surface area contributed by atoms with Gasteiger partial charge in [-0.2, -0.15) is 0 Å². The molecule has 1 rings (SSSR count). The Morgan fingerprint density at radius 1 is 1.05 bits per heavy atom. The first-order valence-electron chi connectivity index (χ1n) is 5.81. The van der Waals surface area contributed by atoms with Gasteiger partial charge in [0.1, 0.15) is 0 Å². The standard InChI is InChI=1S/C12H15ClN2O5/c13-2-1-10(18)14-3-4-15-12(20)7-5-8(16)11(19)9(17)6-7/h5-6,16-17,19H,1-4H2,(H,14,18)(H,15,20). The van der Waals surface area contributed by atoms with Gasteiger partial charge in [-0.1, -0.05) is 0 Å². The first kappa shape index (κ1) is 15.9. The van der Waals surface area contributed by atoms with Crippen LogP contribution in [0.2, 0.25) is 0 Å². The van der Waals surface area contributed by atoms with Crippen molar-refractivity contribution in [3.8, 4) is 17.2 Å². The predicted molar refractivity (Wildman–Crippen MR) is 72.1 cm³/mol. The zero-order valence-electron chi connectivity index (χ0n) is 10.5. The van der Waals surface area contributed by atoms with Gasteiger partial charge in [-0.05, 0) is 12.1 Å². The van der Waals surface area contributed by atoms with Crippen molar-refractivity contribution in [2.45, 2.75) is 6.42 Å². The fourth-order valence-electron chi connectivity index (χ4n) is 1.39. The molecule has 0 aliphatic carbocycles. The Morgan fingerprint density at radius 3 is 2.15 bits per heavy atom. The number of hydrogen-bond donors (Lipinski definition) is 5. The van der Waals surface area contributed by atoms with Crippen LogP contribution in [0.1, 0.15) is 16.8 Å². The topological polar surface area (TPSA) is 119 Å². The Labute approximate surface area is 120 Å². The summed E-state index contributed by atoms with van der Waals surface area (Å²) in [5.41, 5.74) is -0.00937. The van der Waals surface area contributed by atoms with Crippen LogP contribution < -0.4 is 10.6 Å². The summed E-state index contributed by atoms with van der Waals surface area (Å²) in [6.45, 7) is 0.409. The Kier molecular flexibility index (Phi) is 5.92. The molecule has 0 saturated heterocycles. The molecule has 0 heterocycles. The average Bonchev–Trinajstić information content (AvgIpc) is 2.40. The van der Waals surface area contributed by atoms with Crippen molar-refractivity contribution in [3.05, 3.63) is 17.7 Å². The third kappa shape index (κ3) is 4.51. The number of aromatic hydroxyl groups is 3. The summed E-state index contributed by atoms with van der Waals surface area (Å²) in [5.74, 6) is -2.41. The lowest BCUT2D eigenvalue weighted by atomic mass is 10.1. The number of alkyl halides is 1. The van der Waals surface area contributed by atoms with Gasteiger partial charge < -0.3 is 26.0 Å². The zero-order chi connectivity index (χ0) is 15.1. The lowest BCUT2D eigenvalue weighted by Gasteiger charge is -2.08. The van der Waals surface area contributed by atoms with E-state index >= 15 is 0 Å². The number of phenolic OH excluding ortho intramolecular Hbond substituents is 3. The summed E-state index contributed by atoms with van der Waals surface area (Å²) in [6.07, 6.45) is 0.204. The smallest absolute Gasteiger partial charge is 0.251 e. The maximum absolute atomic E-state index is 11.7. The van der Waals surface area contributed by atoms with Crippen LogP contribution in [0, 0.1) is 0 Å². The molecule has 0 radical (unpaired) electrons. The third-order valence-electron chi connectivity index (χ3n) is 2.39. The van der Waals surface area contributed by atoms with Gasteiger partial charge in [-0.3, -0.25) is 9.59 Å². The zero-order valence-corrected chi connectivity index (χ0v) is 11.3. The van der Waals surface area contributed by atoms with Gasteiger partial charge in [0, 0.05) is 31.0 Å². The van der Waals surface area contributed by atoms with Crippen molar-refractivity contribution in [2.24, 2.45) is 0 Å². The number of nitrogens with one attached hydrogen (secondary N) is 2. The number of amides is 2. The molecule has 0 aliphatic heterocycles. The average molecular weight is 303 g/mol. The SMILES string of the molecule is O=C(CCCl)NCCNC(=O)c1cc(O)c(O)c(O)c1. The maximum atomic E-state index is 11.7. The Hall–Kier alpha value is -2.15. The van der Waals surface area contributed by atoms with Crippen LogP contribution in [0.4, 0.5) is 0 Å². The highest BCUT2D eigenvalue weighted by Crippen LogP contribution is 2.35. The lowest BCUT2D eigenvalue weighted by Crippen LogP contribution is -2.34. The predicted octanol–water partition coefficient (Wildman–Crippen LogP) is 0.278. The van der Waals surface area contributed by atoms with Crippen molar-refractivity contribution >= 4 is 23.4 Å². The number of hydrogen-bond acceptors (Lipinski definition) is 5. The fourth-order valence-corrected chi connectivity index (χ4v) is 1.56. The van der Waals surface area contributed by atoms with E-state index in [4.69, 9.17) is 16.7 Å². The molecule has 0 unspecified atom stereocenters. The molecule has 0 bridgehead atoms. The molecule has 1 aromatic carbocycles. The van der Waals surface area contributed by atoms with E-state index in [0.29, 0.717) is 0 Å². The van der Waals surface area contributed by atoms with Gasteiger partial charge in [-0.25, -0.2) is 0 Å². The molecule has 8 heteroatoms. The highest BCUT2D eigenvalue weighted by Gasteiger charge is 2.13. The van der Waals surface area contributed by atoms with Crippen molar-refractivity contribution < 1.29 is 24.9 Å². The molecular formula is C12H15ClN2O5. The van der Waals surface area contributed by atoms with Crippen molar-refractivity contribution in [1.29, 1.82) is 0 Å². The van der Waals surface area contributed by atoms with Crippen molar-refractivity contribution in [1.82, 2.24) is 10.6 Å². The second-order valence-electron chi connectivity index (χ2n) is 3.91. The van der Waals surface area contributed by atoms with E-state index < -0.39 is 23.2 Å². The van der Waals surface area contributed by atoms with Crippen LogP contribution in [0.15, 0.2) is 12.1 Å². The quantitative estimate of drug-likeness (QED) is 0.294. The minimum atomic E-state index is -0.685. The van der Waals surface area contributed by atoms with E-state index in [0.717, 1.165) is 12.1 Å². The second kappa shape index (κ2) is 7.44. The summed E-state index contributed by atoms with van der Waals surface area (Å²) in [7, 11) is 0. The summed E-state index contributed by atoms with van der Waals surface area (Å²) in [4.78, 5) is 22.8. The molecule has 7 nitrogen and oxygen atoms in total. The lowest BCUT2D eigenvalue weighted by molar-refractivity contribution is -0.120. The van der Waals surface area contributed by atoms with Crippen LogP contribution in [-0.2, 0) is 4.79 Å². The molecule has 0 spiro atoms. The number of halogens is 1. The van der Waals surface area contributed by atoms with E-state index in [2.05, 4.69) is 10.6 Å². The third-order valence-corrected chi connectivity index (χ3v) is 2.58. The second-order valence-corrected chi connectivity index (χ2v) is 4.29. The highest BCUT2D eigenvalue weighted by atomic mass is 35.5. The number of rotatable bonds is 6. The molecule has 0 saturated carbocycles. The van der Waals surface area contributed by atoms with Crippen LogP contribution in [-0.4, -0.2) is 46.1 Å². The Morgan fingerprint density at radius 2 is 1.60 bits per heavy atom. The largest absolute Gasteiger partial charge is 0.504 e. The van der Waals surface area contributed by atoms with Gasteiger partial charge in [0.25, 0.3) is 5.91 Å². The minimum Gasteiger partial charge on any atom is -0.504 e. The molecular weight excluding hydrogens is 288 g/mol. The molecule has 110 valence electrons. The summed E-state index contributed by atoms with van der Waals surface area (Å²) in [6, 6.07) is 2.05. The summed E-state index contributed by atoms with van der Waals surface area (Å²) in [5, 5.41) is 32.7. The number of phenols is 3. The molecule has 0 aliphatic rings. The maximum Gasteiger partial charge on any atom is 0.251 e. The monoisotopic (exact) mass is 302 g/mol. The molecule has 0 fully saturated rings. The number of carbonyl (C=O) groups excluding carboxylic acids is 2. The highest BCUT2D eigenvalue weighted by molar-refractivity contribution is 6.18. The van der Waals surface area contributed by atoms with E-state index in [9.17, 15) is 19.8 Å². The van der Waals surface area contributed by atoms with Crippen LogP contribution in [0.25, 0.3) is 0 Å². The summed E-state index contributed by atoms with van der Waals surface area (Å²) < 4.78 is 0. The molecule has 2 amide bonds. The van der Waals surface area contributed by atoms with E-state index in [1.807, 2.05) is 0 Å². The van der Waals surface area contributed by atoms with E-state index in [-0.39, 0.29) is 36.9 Å².